The van der Waals surface area contributed by atoms with Crippen molar-refractivity contribution in [3.8, 4) is 11.5 Å². The van der Waals surface area contributed by atoms with Crippen LogP contribution in [0.4, 0.5) is 5.69 Å². The first-order valence-corrected chi connectivity index (χ1v) is 11.7. The van der Waals surface area contributed by atoms with Crippen molar-refractivity contribution in [2.75, 3.05) is 11.1 Å². The van der Waals surface area contributed by atoms with Crippen molar-refractivity contribution >= 4 is 29.3 Å². The number of thioether (sulfide) groups is 1. The molecule has 5 rings (SSSR count). The molecule has 2 saturated carbocycles. The fourth-order valence-electron chi connectivity index (χ4n) is 4.10. The van der Waals surface area contributed by atoms with Gasteiger partial charge in [-0.2, -0.15) is 0 Å². The predicted octanol–water partition coefficient (Wildman–Crippen LogP) is 2.80. The van der Waals surface area contributed by atoms with Crippen molar-refractivity contribution < 1.29 is 19.1 Å². The maximum Gasteiger partial charge on any atom is 0.251 e. The molecule has 2 aliphatic carbocycles. The maximum absolute atomic E-state index is 12.5. The Morgan fingerprint density at radius 2 is 1.97 bits per heavy atom. The van der Waals surface area contributed by atoms with Gasteiger partial charge in [0.25, 0.3) is 5.79 Å². The zero-order valence-corrected chi connectivity index (χ0v) is 18.0. The lowest BCUT2D eigenvalue weighted by molar-refractivity contribution is -0.118. The van der Waals surface area contributed by atoms with Crippen molar-refractivity contribution in [3.05, 3.63) is 24.0 Å². The molecule has 2 fully saturated rings. The highest BCUT2D eigenvalue weighted by molar-refractivity contribution is 7.99. The smallest absolute Gasteiger partial charge is 0.251 e. The Labute approximate surface area is 184 Å². The first-order chi connectivity index (χ1) is 15.0. The summed E-state index contributed by atoms with van der Waals surface area (Å²) in [6.45, 7) is 0.433. The lowest BCUT2D eigenvalue weighted by Gasteiger charge is -2.21. The number of hydrogen-bond donors (Lipinski definition) is 2. The Morgan fingerprint density at radius 3 is 2.71 bits per heavy atom. The highest BCUT2D eigenvalue weighted by atomic mass is 32.2. The van der Waals surface area contributed by atoms with E-state index in [1.165, 1.54) is 11.8 Å². The third kappa shape index (κ3) is 4.34. The fourth-order valence-corrected chi connectivity index (χ4v) is 4.87. The van der Waals surface area contributed by atoms with Gasteiger partial charge in [-0.25, -0.2) is 0 Å². The number of aromatic nitrogens is 3. The zero-order valence-electron chi connectivity index (χ0n) is 17.1. The summed E-state index contributed by atoms with van der Waals surface area (Å²) in [6.07, 6.45) is 6.34. The summed E-state index contributed by atoms with van der Waals surface area (Å²) in [5, 5.41) is 12.0. The first kappa shape index (κ1) is 20.2. The Hall–Kier alpha value is -2.75. The SMILES string of the molecule is NC(=O)CCn1c(SCC(=O)Nc2ccc3c(c2)OC2(CCCC2)O3)nnc1C1CC1. The van der Waals surface area contributed by atoms with Gasteiger partial charge in [0.1, 0.15) is 5.82 Å². The van der Waals surface area contributed by atoms with Gasteiger partial charge in [0, 0.05) is 43.5 Å². The van der Waals surface area contributed by atoms with Gasteiger partial charge in [-0.05, 0) is 37.8 Å². The highest BCUT2D eigenvalue weighted by Gasteiger charge is 2.44. The van der Waals surface area contributed by atoms with Gasteiger partial charge < -0.3 is 25.1 Å². The molecule has 164 valence electrons. The molecular weight excluding hydrogens is 418 g/mol. The van der Waals surface area contributed by atoms with Gasteiger partial charge in [0.05, 0.1) is 5.75 Å². The number of hydrogen-bond acceptors (Lipinski definition) is 7. The standard InChI is InChI=1S/C21H25N5O4S/c22-17(27)7-10-26-19(13-3-4-13)24-25-20(26)31-12-18(28)23-14-5-6-15-16(11-14)30-21(29-15)8-1-2-9-21/h5-6,11,13H,1-4,7-10,12H2,(H2,22,27)(H,23,28). The molecule has 10 heteroatoms. The summed E-state index contributed by atoms with van der Waals surface area (Å²) in [4.78, 5) is 23.7. The van der Waals surface area contributed by atoms with Gasteiger partial charge in [0.2, 0.25) is 11.8 Å². The minimum atomic E-state index is -0.519. The molecule has 3 aliphatic rings. The molecule has 3 N–H and O–H groups in total. The average Bonchev–Trinajstić information content (AvgIpc) is 3.18. The van der Waals surface area contributed by atoms with Crippen LogP contribution < -0.4 is 20.5 Å². The minimum Gasteiger partial charge on any atom is -0.448 e. The molecule has 0 bridgehead atoms. The van der Waals surface area contributed by atoms with Crippen molar-refractivity contribution in [2.24, 2.45) is 5.73 Å². The molecule has 2 amide bonds. The molecule has 1 aromatic carbocycles. The van der Waals surface area contributed by atoms with E-state index in [4.69, 9.17) is 15.2 Å². The van der Waals surface area contributed by atoms with Crippen LogP contribution in [-0.2, 0) is 16.1 Å². The van der Waals surface area contributed by atoms with Crippen LogP contribution in [0.15, 0.2) is 23.4 Å². The molecule has 0 radical (unpaired) electrons. The van der Waals surface area contributed by atoms with E-state index in [-0.39, 0.29) is 24.0 Å². The number of ether oxygens (including phenoxy) is 2. The first-order valence-electron chi connectivity index (χ1n) is 10.7. The Bertz CT molecular complexity index is 1010. The third-order valence-electron chi connectivity index (χ3n) is 5.79. The van der Waals surface area contributed by atoms with Gasteiger partial charge in [-0.3, -0.25) is 9.59 Å². The largest absolute Gasteiger partial charge is 0.448 e. The molecular formula is C21H25N5O4S. The molecule has 0 saturated heterocycles. The summed E-state index contributed by atoms with van der Waals surface area (Å²) in [6, 6.07) is 5.47. The quantitative estimate of drug-likeness (QED) is 0.602. The number of nitrogens with zero attached hydrogens (tertiary/aromatic N) is 3. The van der Waals surface area contributed by atoms with Crippen LogP contribution in [0, 0.1) is 0 Å². The van der Waals surface area contributed by atoms with Gasteiger partial charge in [-0.1, -0.05) is 11.8 Å². The van der Waals surface area contributed by atoms with E-state index < -0.39 is 5.79 Å². The van der Waals surface area contributed by atoms with E-state index in [2.05, 4.69) is 15.5 Å². The molecule has 2 aromatic rings. The minimum absolute atomic E-state index is 0.156. The van der Waals surface area contributed by atoms with Crippen LogP contribution in [0.3, 0.4) is 0 Å². The number of rotatable bonds is 8. The fraction of sp³-hybridized carbons (Fsp3) is 0.524. The molecule has 1 aliphatic heterocycles. The lowest BCUT2D eigenvalue weighted by Crippen LogP contribution is -2.34. The molecule has 0 unspecified atom stereocenters. The molecule has 31 heavy (non-hydrogen) atoms. The number of nitrogens with one attached hydrogen (secondary N) is 1. The number of fused-ring (bicyclic) bond motifs is 1. The van der Waals surface area contributed by atoms with Gasteiger partial charge in [-0.15, -0.1) is 10.2 Å². The van der Waals surface area contributed by atoms with Gasteiger partial charge >= 0.3 is 0 Å². The number of carbonyl (C=O) groups is 2. The lowest BCUT2D eigenvalue weighted by atomic mass is 10.2. The number of primary amides is 1. The summed E-state index contributed by atoms with van der Waals surface area (Å²) in [5.41, 5.74) is 5.97. The van der Waals surface area contributed by atoms with Crippen LogP contribution in [0.1, 0.15) is 56.7 Å². The predicted molar refractivity (Wildman–Crippen MR) is 114 cm³/mol. The van der Waals surface area contributed by atoms with Gasteiger partial charge in [0.15, 0.2) is 16.7 Å². The maximum atomic E-state index is 12.5. The van der Waals surface area contributed by atoms with Crippen LogP contribution in [0.25, 0.3) is 0 Å². The van der Waals surface area contributed by atoms with E-state index in [1.54, 1.807) is 0 Å². The van der Waals surface area contributed by atoms with Crippen molar-refractivity contribution in [3.63, 3.8) is 0 Å². The summed E-state index contributed by atoms with van der Waals surface area (Å²) < 4.78 is 14.0. The number of nitrogens with two attached hydrogens (primary N) is 1. The second kappa shape index (κ2) is 8.07. The Balaban J connectivity index is 1.20. The zero-order chi connectivity index (χ0) is 21.4. The molecule has 1 spiro atoms. The summed E-state index contributed by atoms with van der Waals surface area (Å²) in [5.74, 6) is 1.80. The highest BCUT2D eigenvalue weighted by Crippen LogP contribution is 2.47. The number of amides is 2. The summed E-state index contributed by atoms with van der Waals surface area (Å²) >= 11 is 1.30. The van der Waals surface area contributed by atoms with Crippen molar-refractivity contribution in [2.45, 2.75) is 68.4 Å². The second-order valence-electron chi connectivity index (χ2n) is 8.30. The molecule has 9 nitrogen and oxygen atoms in total. The van der Waals surface area contributed by atoms with E-state index in [0.29, 0.717) is 29.1 Å². The topological polar surface area (TPSA) is 121 Å². The van der Waals surface area contributed by atoms with E-state index in [1.807, 2.05) is 22.8 Å². The van der Waals surface area contributed by atoms with Crippen LogP contribution >= 0.6 is 11.8 Å². The number of carbonyl (C=O) groups excluding carboxylic acids is 2. The summed E-state index contributed by atoms with van der Waals surface area (Å²) in [7, 11) is 0. The molecule has 1 aromatic heterocycles. The Kier molecular flexibility index (Phi) is 5.25. The number of benzene rings is 1. The monoisotopic (exact) mass is 443 g/mol. The van der Waals surface area contributed by atoms with E-state index >= 15 is 0 Å². The van der Waals surface area contributed by atoms with Crippen LogP contribution in [0.2, 0.25) is 0 Å². The normalized spacial score (nSPS) is 18.5. The van der Waals surface area contributed by atoms with Crippen molar-refractivity contribution in [1.82, 2.24) is 14.8 Å². The average molecular weight is 444 g/mol. The molecule has 2 heterocycles. The third-order valence-corrected chi connectivity index (χ3v) is 6.75. The molecule has 0 atom stereocenters. The van der Waals surface area contributed by atoms with E-state index in [9.17, 15) is 9.59 Å². The van der Waals surface area contributed by atoms with Crippen molar-refractivity contribution in [1.29, 1.82) is 0 Å². The van der Waals surface area contributed by atoms with Crippen LogP contribution in [-0.4, -0.2) is 38.1 Å². The van der Waals surface area contributed by atoms with E-state index in [0.717, 1.165) is 50.1 Å². The second-order valence-corrected chi connectivity index (χ2v) is 9.25. The van der Waals surface area contributed by atoms with Crippen LogP contribution in [0.5, 0.6) is 11.5 Å². The number of anilines is 1. The Morgan fingerprint density at radius 1 is 1.19 bits per heavy atom.